The summed E-state index contributed by atoms with van der Waals surface area (Å²) >= 11 is -0.569. The Labute approximate surface area is 62.1 Å². The third kappa shape index (κ3) is 1.51. The first-order valence-electron chi connectivity index (χ1n) is 2.37. The van der Waals surface area contributed by atoms with Crippen LogP contribution in [0.5, 0.6) is 0 Å². The van der Waals surface area contributed by atoms with Crippen molar-refractivity contribution in [3.63, 3.8) is 0 Å². The molecule has 0 bridgehead atoms. The van der Waals surface area contributed by atoms with Crippen LogP contribution in [0.4, 0.5) is 0 Å². The fourth-order valence-electron chi connectivity index (χ4n) is 0.495. The van der Waals surface area contributed by atoms with E-state index in [0.29, 0.717) is 0 Å². The van der Waals surface area contributed by atoms with Gasteiger partial charge in [-0.2, -0.15) is 0 Å². The second-order valence-corrected chi connectivity index (χ2v) is 4.75. The number of hydrogen-bond acceptors (Lipinski definition) is 2. The number of carbonyl (C=O) groups is 2. The SMILES string of the molecule is O=Cc1ccc(C=O)[te]1. The van der Waals surface area contributed by atoms with Crippen LogP contribution >= 0.6 is 0 Å². The summed E-state index contributed by atoms with van der Waals surface area (Å²) < 4.78 is 1.62. The molecular formula is C6H4O2Te. The third-order valence-electron chi connectivity index (χ3n) is 0.880. The van der Waals surface area contributed by atoms with Gasteiger partial charge in [0.05, 0.1) is 0 Å². The molecule has 1 heterocycles. The number of rotatable bonds is 2. The van der Waals surface area contributed by atoms with E-state index < -0.39 is 20.4 Å². The van der Waals surface area contributed by atoms with E-state index in [4.69, 9.17) is 0 Å². The predicted molar refractivity (Wildman–Crippen MR) is 34.2 cm³/mol. The van der Waals surface area contributed by atoms with Crippen LogP contribution in [0.3, 0.4) is 0 Å². The fraction of sp³-hybridized carbons (Fsp3) is 0. The predicted octanol–water partition coefficient (Wildman–Crippen LogP) is 0.369. The topological polar surface area (TPSA) is 34.1 Å². The van der Waals surface area contributed by atoms with Gasteiger partial charge in [-0.25, -0.2) is 0 Å². The number of hydrogen-bond donors (Lipinski definition) is 0. The molecule has 1 rings (SSSR count). The van der Waals surface area contributed by atoms with Crippen molar-refractivity contribution in [1.82, 2.24) is 0 Å². The van der Waals surface area contributed by atoms with Crippen LogP contribution in [0.2, 0.25) is 0 Å². The van der Waals surface area contributed by atoms with E-state index in [-0.39, 0.29) is 0 Å². The van der Waals surface area contributed by atoms with Gasteiger partial charge in [0.1, 0.15) is 0 Å². The summed E-state index contributed by atoms with van der Waals surface area (Å²) in [4.78, 5) is 20.2. The van der Waals surface area contributed by atoms with Crippen LogP contribution in [0.15, 0.2) is 12.1 Å². The number of carbonyl (C=O) groups excluding carboxylic acids is 2. The van der Waals surface area contributed by atoms with E-state index in [1.807, 2.05) is 0 Å². The molecule has 3 heteroatoms. The van der Waals surface area contributed by atoms with Crippen molar-refractivity contribution >= 4 is 33.0 Å². The van der Waals surface area contributed by atoms with Crippen molar-refractivity contribution in [3.05, 3.63) is 19.3 Å². The van der Waals surface area contributed by atoms with Gasteiger partial charge in [0.15, 0.2) is 0 Å². The van der Waals surface area contributed by atoms with E-state index in [9.17, 15) is 9.59 Å². The molecule has 0 aliphatic heterocycles. The molecule has 0 unspecified atom stereocenters. The van der Waals surface area contributed by atoms with Crippen LogP contribution in [0.25, 0.3) is 0 Å². The van der Waals surface area contributed by atoms with Gasteiger partial charge < -0.3 is 0 Å². The van der Waals surface area contributed by atoms with Crippen LogP contribution in [0, 0.1) is 0 Å². The van der Waals surface area contributed by atoms with E-state index in [2.05, 4.69) is 0 Å². The first-order valence-corrected chi connectivity index (χ1v) is 4.70. The Balaban J connectivity index is 2.98. The van der Waals surface area contributed by atoms with Gasteiger partial charge in [-0.15, -0.1) is 0 Å². The summed E-state index contributed by atoms with van der Waals surface area (Å²) in [6.07, 6.45) is 1.66. The van der Waals surface area contributed by atoms with Crippen LogP contribution in [-0.4, -0.2) is 33.0 Å². The van der Waals surface area contributed by atoms with Crippen molar-refractivity contribution in [2.24, 2.45) is 0 Å². The van der Waals surface area contributed by atoms with E-state index in [1.165, 1.54) is 0 Å². The molecule has 0 N–H and O–H groups in total. The van der Waals surface area contributed by atoms with Crippen molar-refractivity contribution in [2.75, 3.05) is 0 Å². The molecule has 0 amide bonds. The first kappa shape index (κ1) is 6.73. The zero-order valence-electron chi connectivity index (χ0n) is 4.53. The fourth-order valence-corrected chi connectivity index (χ4v) is 2.32. The Morgan fingerprint density at radius 2 is 1.56 bits per heavy atom. The summed E-state index contributed by atoms with van der Waals surface area (Å²) in [5.41, 5.74) is 0. The van der Waals surface area contributed by atoms with Crippen LogP contribution < -0.4 is 0 Å². The van der Waals surface area contributed by atoms with E-state index in [0.717, 1.165) is 19.7 Å². The van der Waals surface area contributed by atoms with Crippen LogP contribution in [0.1, 0.15) is 16.7 Å². The third-order valence-corrected chi connectivity index (χ3v) is 3.55. The Bertz CT molecular complexity index is 204. The number of aldehydes is 2. The van der Waals surface area contributed by atoms with Crippen LogP contribution in [-0.2, 0) is 0 Å². The normalized spacial score (nSPS) is 8.89. The second-order valence-electron chi connectivity index (χ2n) is 1.48. The molecule has 46 valence electrons. The van der Waals surface area contributed by atoms with Gasteiger partial charge >= 0.3 is 61.9 Å². The van der Waals surface area contributed by atoms with Gasteiger partial charge in [0.2, 0.25) is 0 Å². The van der Waals surface area contributed by atoms with Gasteiger partial charge in [-0.1, -0.05) is 0 Å². The molecule has 0 fully saturated rings. The van der Waals surface area contributed by atoms with Gasteiger partial charge in [-0.05, 0) is 0 Å². The Morgan fingerprint density at radius 3 is 1.78 bits per heavy atom. The van der Waals surface area contributed by atoms with Crippen molar-refractivity contribution in [3.8, 4) is 0 Å². The van der Waals surface area contributed by atoms with Crippen molar-refractivity contribution < 1.29 is 9.59 Å². The minimum absolute atomic E-state index is 0.569. The molecule has 1 aromatic rings. The summed E-state index contributed by atoms with van der Waals surface area (Å²) in [7, 11) is 0. The molecule has 9 heavy (non-hydrogen) atoms. The molecule has 0 spiro atoms. The summed E-state index contributed by atoms with van der Waals surface area (Å²) in [6, 6.07) is 3.44. The molecule has 0 aliphatic carbocycles. The molecule has 0 aromatic carbocycles. The summed E-state index contributed by atoms with van der Waals surface area (Å²) in [5, 5.41) is 0. The zero-order chi connectivity index (χ0) is 6.69. The standard InChI is InChI=1S/C6H4O2Te/c7-3-5-1-2-6(4-8)9-5/h1-4H. The molecule has 0 radical (unpaired) electrons. The maximum atomic E-state index is 10.1. The molecule has 0 saturated heterocycles. The van der Waals surface area contributed by atoms with E-state index >= 15 is 0 Å². The van der Waals surface area contributed by atoms with E-state index in [1.54, 1.807) is 12.1 Å². The molecule has 0 saturated carbocycles. The Hall–Kier alpha value is -0.390. The second kappa shape index (κ2) is 2.95. The monoisotopic (exact) mass is 238 g/mol. The van der Waals surface area contributed by atoms with Gasteiger partial charge in [0.25, 0.3) is 0 Å². The summed E-state index contributed by atoms with van der Waals surface area (Å²) in [6.45, 7) is 0. The Morgan fingerprint density at radius 1 is 1.11 bits per heavy atom. The molecular weight excluding hydrogens is 232 g/mol. The summed E-state index contributed by atoms with van der Waals surface area (Å²) in [5.74, 6) is 0. The zero-order valence-corrected chi connectivity index (χ0v) is 6.86. The quantitative estimate of drug-likeness (QED) is 0.548. The molecule has 1 aromatic heterocycles. The average molecular weight is 236 g/mol. The average Bonchev–Trinajstić information content (AvgIpc) is 2.34. The van der Waals surface area contributed by atoms with Crippen molar-refractivity contribution in [1.29, 1.82) is 0 Å². The van der Waals surface area contributed by atoms with Gasteiger partial charge in [-0.3, -0.25) is 0 Å². The Kier molecular flexibility index (Phi) is 2.21. The molecule has 0 aliphatic rings. The molecule has 2 nitrogen and oxygen atoms in total. The molecule has 0 atom stereocenters. The minimum atomic E-state index is -0.569. The maximum absolute atomic E-state index is 10.1. The first-order chi connectivity index (χ1) is 4.36. The van der Waals surface area contributed by atoms with Gasteiger partial charge in [0, 0.05) is 0 Å². The van der Waals surface area contributed by atoms with Crippen molar-refractivity contribution in [2.45, 2.75) is 0 Å².